The number of carbonyl (C=O) groups excluding carboxylic acids is 1. The van der Waals surface area contributed by atoms with Crippen LogP contribution in [0.4, 0.5) is 4.79 Å². The summed E-state index contributed by atoms with van der Waals surface area (Å²) in [6, 6.07) is 16.5. The third-order valence-corrected chi connectivity index (χ3v) is 4.38. The summed E-state index contributed by atoms with van der Waals surface area (Å²) in [5, 5.41) is 2.88. The van der Waals surface area contributed by atoms with Gasteiger partial charge in [0, 0.05) is 6.54 Å². The number of rotatable bonds is 5. The summed E-state index contributed by atoms with van der Waals surface area (Å²) in [5.74, 6) is 1.30. The largest absolute Gasteiger partial charge is 0.489 e. The van der Waals surface area contributed by atoms with E-state index in [0.29, 0.717) is 19.1 Å². The van der Waals surface area contributed by atoms with Gasteiger partial charge in [-0.1, -0.05) is 36.4 Å². The number of hydrogen-bond acceptors (Lipinski definition) is 3. The first-order valence-corrected chi connectivity index (χ1v) is 9.14. The Kier molecular flexibility index (Phi) is 5.50. The van der Waals surface area contributed by atoms with Crippen molar-refractivity contribution >= 4 is 6.09 Å². The van der Waals surface area contributed by atoms with Crippen molar-refractivity contribution in [1.82, 2.24) is 5.32 Å². The Morgan fingerprint density at radius 3 is 2.54 bits per heavy atom. The first kappa shape index (κ1) is 18.3. The first-order chi connectivity index (χ1) is 12.4. The molecule has 1 N–H and O–H groups in total. The highest BCUT2D eigenvalue weighted by molar-refractivity contribution is 5.67. The van der Waals surface area contributed by atoms with Gasteiger partial charge in [-0.3, -0.25) is 0 Å². The molecule has 3 rings (SSSR count). The Morgan fingerprint density at radius 2 is 1.81 bits per heavy atom. The lowest BCUT2D eigenvalue weighted by Crippen LogP contribution is -2.35. The fourth-order valence-corrected chi connectivity index (χ4v) is 3.20. The Hall–Kier alpha value is -2.49. The van der Waals surface area contributed by atoms with Crippen LogP contribution in [0.2, 0.25) is 0 Å². The normalized spacial score (nSPS) is 16.0. The number of ether oxygens (including phenoxy) is 2. The van der Waals surface area contributed by atoms with Crippen molar-refractivity contribution in [2.24, 2.45) is 5.92 Å². The molecular formula is C22H27NO3. The highest BCUT2D eigenvalue weighted by atomic mass is 16.6. The second kappa shape index (κ2) is 7.81. The average molecular weight is 353 g/mol. The molecule has 1 atom stereocenters. The van der Waals surface area contributed by atoms with E-state index in [-0.39, 0.29) is 6.09 Å². The molecule has 1 amide bonds. The summed E-state index contributed by atoms with van der Waals surface area (Å²) < 4.78 is 11.2. The molecule has 0 heterocycles. The van der Waals surface area contributed by atoms with Crippen molar-refractivity contribution in [2.75, 3.05) is 6.54 Å². The lowest BCUT2D eigenvalue weighted by Gasteiger charge is -2.20. The van der Waals surface area contributed by atoms with Crippen molar-refractivity contribution in [2.45, 2.75) is 45.8 Å². The maximum atomic E-state index is 11.8. The van der Waals surface area contributed by atoms with Crippen LogP contribution in [0.25, 0.3) is 0 Å². The molecule has 1 aliphatic carbocycles. The van der Waals surface area contributed by atoms with Crippen molar-refractivity contribution in [1.29, 1.82) is 0 Å². The number of hydrogen-bond donors (Lipinski definition) is 1. The van der Waals surface area contributed by atoms with Gasteiger partial charge in [-0.2, -0.15) is 0 Å². The third kappa shape index (κ3) is 5.25. The van der Waals surface area contributed by atoms with Gasteiger partial charge in [0.25, 0.3) is 0 Å². The van der Waals surface area contributed by atoms with Gasteiger partial charge in [-0.05, 0) is 68.4 Å². The van der Waals surface area contributed by atoms with Gasteiger partial charge in [0.2, 0.25) is 0 Å². The third-order valence-electron chi connectivity index (χ3n) is 4.38. The van der Waals surface area contributed by atoms with E-state index in [1.54, 1.807) is 0 Å². The van der Waals surface area contributed by atoms with Crippen LogP contribution < -0.4 is 10.1 Å². The number of alkyl carbamates (subject to hydrolysis) is 1. The van der Waals surface area contributed by atoms with Crippen LogP contribution >= 0.6 is 0 Å². The lowest BCUT2D eigenvalue weighted by atomic mass is 10.1. The molecule has 4 heteroatoms. The topological polar surface area (TPSA) is 47.6 Å². The van der Waals surface area contributed by atoms with E-state index in [4.69, 9.17) is 9.47 Å². The van der Waals surface area contributed by atoms with E-state index >= 15 is 0 Å². The molecule has 0 aromatic heterocycles. The van der Waals surface area contributed by atoms with Crippen LogP contribution in [0.5, 0.6) is 5.75 Å². The van der Waals surface area contributed by atoms with Crippen LogP contribution in [0.15, 0.2) is 48.5 Å². The van der Waals surface area contributed by atoms with Gasteiger partial charge in [-0.15, -0.1) is 0 Å². The summed E-state index contributed by atoms with van der Waals surface area (Å²) in [6.45, 7) is 6.81. The van der Waals surface area contributed by atoms with E-state index in [0.717, 1.165) is 24.2 Å². The predicted octanol–water partition coefficient (Wildman–Crippen LogP) is 4.51. The molecule has 26 heavy (non-hydrogen) atoms. The molecule has 0 spiro atoms. The van der Waals surface area contributed by atoms with E-state index in [1.807, 2.05) is 45.0 Å². The Morgan fingerprint density at radius 1 is 1.08 bits per heavy atom. The standard InChI is InChI=1S/C22H27NO3/c1-22(2,3)26-21(24)23-14-17-11-18-9-10-20(13-19(18)12-17)25-15-16-7-5-4-6-8-16/h4-10,13,17H,11-12,14-15H2,1-3H3,(H,23,24). The quantitative estimate of drug-likeness (QED) is 0.860. The van der Waals surface area contributed by atoms with Crippen LogP contribution in [-0.2, 0) is 24.2 Å². The van der Waals surface area contributed by atoms with Gasteiger partial charge in [0.15, 0.2) is 0 Å². The number of nitrogens with one attached hydrogen (secondary N) is 1. The molecule has 0 bridgehead atoms. The van der Waals surface area contributed by atoms with Gasteiger partial charge < -0.3 is 14.8 Å². The highest BCUT2D eigenvalue weighted by Crippen LogP contribution is 2.30. The zero-order chi connectivity index (χ0) is 18.6. The minimum Gasteiger partial charge on any atom is -0.489 e. The van der Waals surface area contributed by atoms with Crippen molar-refractivity contribution in [3.63, 3.8) is 0 Å². The summed E-state index contributed by atoms with van der Waals surface area (Å²) in [4.78, 5) is 11.8. The maximum absolute atomic E-state index is 11.8. The van der Waals surface area contributed by atoms with Gasteiger partial charge in [-0.25, -0.2) is 4.79 Å². The average Bonchev–Trinajstić information content (AvgIpc) is 3.00. The molecule has 0 radical (unpaired) electrons. The predicted molar refractivity (Wildman–Crippen MR) is 102 cm³/mol. The van der Waals surface area contributed by atoms with E-state index in [2.05, 4.69) is 29.6 Å². The van der Waals surface area contributed by atoms with Crippen molar-refractivity contribution in [3.05, 3.63) is 65.2 Å². The molecule has 138 valence electrons. The molecule has 4 nitrogen and oxygen atoms in total. The molecular weight excluding hydrogens is 326 g/mol. The monoisotopic (exact) mass is 353 g/mol. The summed E-state index contributed by atoms with van der Waals surface area (Å²) in [5.41, 5.74) is 3.35. The van der Waals surface area contributed by atoms with Crippen molar-refractivity contribution in [3.8, 4) is 5.75 Å². The SMILES string of the molecule is CC(C)(C)OC(=O)NCC1Cc2ccc(OCc3ccccc3)cc2C1. The molecule has 0 saturated carbocycles. The van der Waals surface area contributed by atoms with Gasteiger partial charge >= 0.3 is 6.09 Å². The maximum Gasteiger partial charge on any atom is 0.407 e. The number of benzene rings is 2. The Bertz CT molecular complexity index is 750. The number of carbonyl (C=O) groups is 1. The molecule has 0 fully saturated rings. The smallest absolute Gasteiger partial charge is 0.407 e. The Labute approximate surface area is 155 Å². The fraction of sp³-hybridized carbons (Fsp3) is 0.409. The minimum absolute atomic E-state index is 0.347. The molecule has 2 aromatic carbocycles. The molecule has 0 saturated heterocycles. The van der Waals surface area contributed by atoms with Gasteiger partial charge in [0.05, 0.1) is 0 Å². The van der Waals surface area contributed by atoms with Crippen LogP contribution in [0, 0.1) is 5.92 Å². The summed E-state index contributed by atoms with van der Waals surface area (Å²) in [7, 11) is 0. The van der Waals surface area contributed by atoms with Crippen molar-refractivity contribution < 1.29 is 14.3 Å². The van der Waals surface area contributed by atoms with E-state index in [1.165, 1.54) is 11.1 Å². The molecule has 1 unspecified atom stereocenters. The second-order valence-corrected chi connectivity index (χ2v) is 7.86. The van der Waals surface area contributed by atoms with Gasteiger partial charge in [0.1, 0.15) is 18.0 Å². The zero-order valence-electron chi connectivity index (χ0n) is 15.7. The van der Waals surface area contributed by atoms with Crippen LogP contribution in [-0.4, -0.2) is 18.2 Å². The zero-order valence-corrected chi connectivity index (χ0v) is 15.7. The molecule has 0 aliphatic heterocycles. The number of fused-ring (bicyclic) bond motifs is 1. The minimum atomic E-state index is -0.465. The van der Waals surface area contributed by atoms with Crippen LogP contribution in [0.3, 0.4) is 0 Å². The lowest BCUT2D eigenvalue weighted by molar-refractivity contribution is 0.0520. The number of amides is 1. The second-order valence-electron chi connectivity index (χ2n) is 7.86. The van der Waals surface area contributed by atoms with E-state index in [9.17, 15) is 4.79 Å². The van der Waals surface area contributed by atoms with Crippen LogP contribution in [0.1, 0.15) is 37.5 Å². The fourth-order valence-electron chi connectivity index (χ4n) is 3.20. The Balaban J connectivity index is 1.50. The summed E-state index contributed by atoms with van der Waals surface area (Å²) >= 11 is 0. The van der Waals surface area contributed by atoms with E-state index < -0.39 is 5.60 Å². The first-order valence-electron chi connectivity index (χ1n) is 9.14. The highest BCUT2D eigenvalue weighted by Gasteiger charge is 2.23. The molecule has 2 aromatic rings. The summed E-state index contributed by atoms with van der Waals surface area (Å²) in [6.07, 6.45) is 1.58. The molecule has 1 aliphatic rings.